The van der Waals surface area contributed by atoms with Gasteiger partial charge in [-0.25, -0.2) is 9.37 Å². The number of benzene rings is 2. The summed E-state index contributed by atoms with van der Waals surface area (Å²) in [5, 5.41) is 5.19. The second kappa shape index (κ2) is 8.91. The second-order valence-corrected chi connectivity index (χ2v) is 7.19. The molecular formula is C21H19FN2O4S. The third-order valence-corrected chi connectivity index (χ3v) is 4.99. The number of ether oxygens (including phenoxy) is 3. The van der Waals surface area contributed by atoms with Crippen molar-refractivity contribution in [3.63, 3.8) is 0 Å². The Labute approximate surface area is 171 Å². The fourth-order valence-electron chi connectivity index (χ4n) is 2.82. The van der Waals surface area contributed by atoms with Crippen LogP contribution in [0.5, 0.6) is 17.2 Å². The van der Waals surface area contributed by atoms with E-state index in [2.05, 4.69) is 10.3 Å². The quantitative estimate of drug-likeness (QED) is 0.576. The molecule has 6 nitrogen and oxygen atoms in total. The van der Waals surface area contributed by atoms with Crippen LogP contribution in [-0.4, -0.2) is 30.7 Å². The first-order valence-corrected chi connectivity index (χ1v) is 10.1. The van der Waals surface area contributed by atoms with Gasteiger partial charge >= 0.3 is 0 Å². The Morgan fingerprint density at radius 2 is 2.00 bits per heavy atom. The molecule has 1 amide bonds. The van der Waals surface area contributed by atoms with E-state index < -0.39 is 5.82 Å². The van der Waals surface area contributed by atoms with Crippen molar-refractivity contribution in [2.75, 3.05) is 25.1 Å². The van der Waals surface area contributed by atoms with Gasteiger partial charge in [0.25, 0.3) is 0 Å². The summed E-state index contributed by atoms with van der Waals surface area (Å²) < 4.78 is 29.9. The highest BCUT2D eigenvalue weighted by atomic mass is 32.1. The van der Waals surface area contributed by atoms with Gasteiger partial charge in [-0.15, -0.1) is 11.3 Å². The van der Waals surface area contributed by atoms with Gasteiger partial charge in [0.05, 0.1) is 12.3 Å². The van der Waals surface area contributed by atoms with Gasteiger partial charge in [-0.2, -0.15) is 0 Å². The molecule has 0 aliphatic carbocycles. The topological polar surface area (TPSA) is 69.7 Å². The first-order chi connectivity index (χ1) is 14.2. The molecule has 3 aromatic rings. The van der Waals surface area contributed by atoms with Gasteiger partial charge < -0.3 is 19.5 Å². The van der Waals surface area contributed by atoms with E-state index in [1.165, 1.54) is 17.4 Å². The summed E-state index contributed by atoms with van der Waals surface area (Å²) in [6.07, 6.45) is 0.730. The normalized spacial score (nSPS) is 12.4. The maximum absolute atomic E-state index is 13.5. The van der Waals surface area contributed by atoms with Gasteiger partial charge in [-0.1, -0.05) is 12.1 Å². The van der Waals surface area contributed by atoms with Crippen LogP contribution in [0.4, 0.5) is 9.52 Å². The number of para-hydroxylation sites is 1. The molecule has 0 unspecified atom stereocenters. The molecule has 8 heteroatoms. The highest BCUT2D eigenvalue weighted by molar-refractivity contribution is 7.14. The smallest absolute Gasteiger partial charge is 0.226 e. The number of amides is 1. The van der Waals surface area contributed by atoms with Gasteiger partial charge in [0.2, 0.25) is 5.91 Å². The number of halogens is 1. The number of anilines is 1. The van der Waals surface area contributed by atoms with Crippen molar-refractivity contribution in [1.82, 2.24) is 4.98 Å². The molecule has 0 fully saturated rings. The lowest BCUT2D eigenvalue weighted by Gasteiger charge is -2.18. The van der Waals surface area contributed by atoms with Gasteiger partial charge in [0.15, 0.2) is 28.2 Å². The summed E-state index contributed by atoms with van der Waals surface area (Å²) in [5.41, 5.74) is 1.65. The van der Waals surface area contributed by atoms with E-state index in [9.17, 15) is 9.18 Å². The summed E-state index contributed by atoms with van der Waals surface area (Å²) in [7, 11) is 0. The lowest BCUT2D eigenvalue weighted by molar-refractivity contribution is -0.116. The lowest BCUT2D eigenvalue weighted by atomic mass is 10.1. The number of thiazole rings is 1. The van der Waals surface area contributed by atoms with E-state index in [1.54, 1.807) is 18.2 Å². The highest BCUT2D eigenvalue weighted by Crippen LogP contribution is 2.35. The molecule has 0 radical (unpaired) electrons. The van der Waals surface area contributed by atoms with E-state index in [4.69, 9.17) is 14.2 Å². The van der Waals surface area contributed by atoms with Gasteiger partial charge in [-0.3, -0.25) is 4.79 Å². The summed E-state index contributed by atoms with van der Waals surface area (Å²) in [4.78, 5) is 16.6. The number of rotatable bonds is 7. The minimum Gasteiger partial charge on any atom is -0.491 e. The minimum absolute atomic E-state index is 0.162. The van der Waals surface area contributed by atoms with Crippen molar-refractivity contribution >= 4 is 22.4 Å². The van der Waals surface area contributed by atoms with Crippen molar-refractivity contribution < 1.29 is 23.4 Å². The first kappa shape index (κ1) is 19.2. The number of nitrogens with one attached hydrogen (secondary N) is 1. The molecule has 1 aromatic heterocycles. The van der Waals surface area contributed by atoms with Crippen molar-refractivity contribution in [2.24, 2.45) is 0 Å². The Balaban J connectivity index is 1.27. The van der Waals surface area contributed by atoms with Crippen LogP contribution in [0.2, 0.25) is 0 Å². The zero-order valence-electron chi connectivity index (χ0n) is 15.5. The van der Waals surface area contributed by atoms with Crippen LogP contribution >= 0.6 is 11.3 Å². The predicted octanol–water partition coefficient (Wildman–Crippen LogP) is 4.52. The molecule has 1 aliphatic heterocycles. The molecule has 2 aromatic carbocycles. The van der Waals surface area contributed by atoms with Crippen molar-refractivity contribution in [2.45, 2.75) is 12.8 Å². The summed E-state index contributed by atoms with van der Waals surface area (Å²) in [6, 6.07) is 11.9. The monoisotopic (exact) mass is 414 g/mol. The maximum atomic E-state index is 13.5. The number of nitrogens with zero attached hydrogens (tertiary/aromatic N) is 1. The van der Waals surface area contributed by atoms with E-state index in [-0.39, 0.29) is 24.7 Å². The van der Waals surface area contributed by atoms with Crippen molar-refractivity contribution in [3.8, 4) is 28.5 Å². The zero-order valence-corrected chi connectivity index (χ0v) is 16.3. The summed E-state index contributed by atoms with van der Waals surface area (Å²) in [6.45, 7) is 1.33. The standard InChI is InChI=1S/C21H19FN2O4S/c22-15-4-1-2-5-17(15)26-9-3-6-20(25)24-21-23-16(13-29-21)14-7-8-18-19(12-14)28-11-10-27-18/h1-2,4-5,7-8,12-13H,3,6,9-11H2,(H,23,24,25). The number of aromatic nitrogens is 1. The molecule has 29 heavy (non-hydrogen) atoms. The molecule has 150 valence electrons. The molecule has 4 rings (SSSR count). The second-order valence-electron chi connectivity index (χ2n) is 6.33. The average molecular weight is 414 g/mol. The number of carbonyl (C=O) groups excluding carboxylic acids is 1. The number of hydrogen-bond donors (Lipinski definition) is 1. The third kappa shape index (κ3) is 4.83. The lowest BCUT2D eigenvalue weighted by Crippen LogP contribution is -2.15. The van der Waals surface area contributed by atoms with E-state index in [0.717, 1.165) is 17.0 Å². The molecule has 0 atom stereocenters. The van der Waals surface area contributed by atoms with Crippen LogP contribution in [0.3, 0.4) is 0 Å². The molecule has 0 saturated heterocycles. The van der Waals surface area contributed by atoms with Crippen LogP contribution in [0.1, 0.15) is 12.8 Å². The van der Waals surface area contributed by atoms with Crippen LogP contribution in [0, 0.1) is 5.82 Å². The summed E-state index contributed by atoms with van der Waals surface area (Å²) >= 11 is 1.35. The predicted molar refractivity (Wildman–Crippen MR) is 108 cm³/mol. The molecule has 1 N–H and O–H groups in total. The van der Waals surface area contributed by atoms with E-state index in [0.29, 0.717) is 30.5 Å². The van der Waals surface area contributed by atoms with Gasteiger partial charge in [0, 0.05) is 17.4 Å². The van der Waals surface area contributed by atoms with Crippen molar-refractivity contribution in [1.29, 1.82) is 0 Å². The van der Waals surface area contributed by atoms with Crippen molar-refractivity contribution in [3.05, 3.63) is 53.7 Å². The SMILES string of the molecule is O=C(CCCOc1ccccc1F)Nc1nc(-c2ccc3c(c2)OCCO3)cs1. The van der Waals surface area contributed by atoms with Crippen LogP contribution in [-0.2, 0) is 4.79 Å². The number of hydrogen-bond acceptors (Lipinski definition) is 6. The molecular weight excluding hydrogens is 395 g/mol. The minimum atomic E-state index is -0.411. The Hall–Kier alpha value is -3.13. The molecule has 0 bridgehead atoms. The van der Waals surface area contributed by atoms with E-state index >= 15 is 0 Å². The Bertz CT molecular complexity index is 1010. The van der Waals surface area contributed by atoms with Crippen LogP contribution in [0.15, 0.2) is 47.8 Å². The number of carbonyl (C=O) groups is 1. The van der Waals surface area contributed by atoms with Gasteiger partial charge in [-0.05, 0) is 36.8 Å². The highest BCUT2D eigenvalue weighted by Gasteiger charge is 2.14. The summed E-state index contributed by atoms with van der Waals surface area (Å²) in [5.74, 6) is 1.04. The Kier molecular flexibility index (Phi) is 5.90. The Morgan fingerprint density at radius 3 is 2.86 bits per heavy atom. The first-order valence-electron chi connectivity index (χ1n) is 9.22. The molecule has 1 aliphatic rings. The largest absolute Gasteiger partial charge is 0.491 e. The molecule has 2 heterocycles. The zero-order chi connectivity index (χ0) is 20.1. The molecule has 0 spiro atoms. The van der Waals surface area contributed by atoms with E-state index in [1.807, 2.05) is 23.6 Å². The van der Waals surface area contributed by atoms with Gasteiger partial charge in [0.1, 0.15) is 13.2 Å². The Morgan fingerprint density at radius 1 is 1.17 bits per heavy atom. The van der Waals surface area contributed by atoms with Crippen LogP contribution < -0.4 is 19.5 Å². The fraction of sp³-hybridized carbons (Fsp3) is 0.238. The number of fused-ring (bicyclic) bond motifs is 1. The maximum Gasteiger partial charge on any atom is 0.226 e. The average Bonchev–Trinajstić information content (AvgIpc) is 3.20. The fourth-order valence-corrected chi connectivity index (χ4v) is 3.56. The van der Waals surface area contributed by atoms with Crippen LogP contribution in [0.25, 0.3) is 11.3 Å². The third-order valence-electron chi connectivity index (χ3n) is 4.23. The molecule has 0 saturated carbocycles.